The number of hydrogen-bond donors (Lipinski definition) is 4. The lowest BCUT2D eigenvalue weighted by atomic mass is 9.98. The van der Waals surface area contributed by atoms with Crippen molar-refractivity contribution >= 4 is 24.1 Å². The number of aliphatic carboxylic acids is 1. The third-order valence-corrected chi connectivity index (χ3v) is 5.67. The molecule has 4 N–H and O–H groups in total. The Hall–Kier alpha value is -4.08. The van der Waals surface area contributed by atoms with Gasteiger partial charge < -0.3 is 30.5 Å². The molecule has 0 aliphatic heterocycles. The van der Waals surface area contributed by atoms with Crippen LogP contribution in [0.5, 0.6) is 0 Å². The van der Waals surface area contributed by atoms with Crippen molar-refractivity contribution in [2.24, 2.45) is 0 Å². The zero-order valence-electron chi connectivity index (χ0n) is 21.2. The molecule has 10 nitrogen and oxygen atoms in total. The van der Waals surface area contributed by atoms with Crippen molar-refractivity contribution in [3.63, 3.8) is 0 Å². The van der Waals surface area contributed by atoms with Gasteiger partial charge in [0.1, 0.15) is 18.2 Å². The molecule has 37 heavy (non-hydrogen) atoms. The van der Waals surface area contributed by atoms with Crippen LogP contribution in [0.1, 0.15) is 50.7 Å². The second kappa shape index (κ2) is 12.2. The first-order valence-electron chi connectivity index (χ1n) is 12.1. The number of fused-ring (bicyclic) bond motifs is 3. The molecule has 0 saturated carbocycles. The lowest BCUT2D eigenvalue weighted by Gasteiger charge is -2.19. The zero-order chi connectivity index (χ0) is 27.0. The third kappa shape index (κ3) is 7.96. The van der Waals surface area contributed by atoms with Gasteiger partial charge in [0.2, 0.25) is 5.91 Å². The van der Waals surface area contributed by atoms with E-state index in [1.54, 1.807) is 20.8 Å². The highest BCUT2D eigenvalue weighted by atomic mass is 16.6. The Labute approximate surface area is 215 Å². The highest BCUT2D eigenvalue weighted by Crippen LogP contribution is 2.44. The highest BCUT2D eigenvalue weighted by Gasteiger charge is 2.30. The molecule has 0 aromatic heterocycles. The van der Waals surface area contributed by atoms with Crippen LogP contribution in [0.4, 0.5) is 9.59 Å². The largest absolute Gasteiger partial charge is 0.480 e. The van der Waals surface area contributed by atoms with E-state index in [0.29, 0.717) is 6.42 Å². The number of carbonyl (C=O) groups excluding carboxylic acids is 3. The SMILES string of the molecule is CC(C)(C)OC(=O)NCCCNC(=O)C[C@H](NC(=O)OCC1c2ccccc2-c2ccccc21)C(=O)O. The minimum absolute atomic E-state index is 0.0308. The number of rotatable bonds is 10. The number of nitrogens with one attached hydrogen (secondary N) is 3. The van der Waals surface area contributed by atoms with Crippen molar-refractivity contribution < 1.29 is 33.8 Å². The summed E-state index contributed by atoms with van der Waals surface area (Å²) in [6.45, 7) is 5.78. The molecular formula is C27H33N3O7. The molecule has 1 atom stereocenters. The second-order valence-corrected chi connectivity index (χ2v) is 9.70. The van der Waals surface area contributed by atoms with Crippen LogP contribution in [0.2, 0.25) is 0 Å². The summed E-state index contributed by atoms with van der Waals surface area (Å²) in [7, 11) is 0. The Morgan fingerprint density at radius 2 is 1.46 bits per heavy atom. The lowest BCUT2D eigenvalue weighted by molar-refractivity contribution is -0.141. The predicted octanol–water partition coefficient (Wildman–Crippen LogP) is 3.40. The summed E-state index contributed by atoms with van der Waals surface area (Å²) in [4.78, 5) is 47.8. The maximum Gasteiger partial charge on any atom is 0.407 e. The Kier molecular flexibility index (Phi) is 9.10. The van der Waals surface area contributed by atoms with Gasteiger partial charge in [-0.25, -0.2) is 14.4 Å². The summed E-state index contributed by atoms with van der Waals surface area (Å²) in [5, 5.41) is 16.9. The molecule has 0 unspecified atom stereocenters. The van der Waals surface area contributed by atoms with Crippen LogP contribution in [-0.2, 0) is 19.1 Å². The quantitative estimate of drug-likeness (QED) is 0.358. The van der Waals surface area contributed by atoms with Gasteiger partial charge in [0.05, 0.1) is 6.42 Å². The summed E-state index contributed by atoms with van der Waals surface area (Å²) in [6.07, 6.45) is -1.51. The van der Waals surface area contributed by atoms with Crippen molar-refractivity contribution in [3.8, 4) is 11.1 Å². The number of carbonyl (C=O) groups is 4. The fraction of sp³-hybridized carbons (Fsp3) is 0.407. The molecule has 0 fully saturated rings. The minimum Gasteiger partial charge on any atom is -0.480 e. The molecule has 2 aromatic rings. The number of alkyl carbamates (subject to hydrolysis) is 2. The van der Waals surface area contributed by atoms with Gasteiger partial charge in [-0.15, -0.1) is 0 Å². The lowest BCUT2D eigenvalue weighted by Crippen LogP contribution is -2.44. The molecule has 2 aromatic carbocycles. The van der Waals surface area contributed by atoms with E-state index in [2.05, 4.69) is 16.0 Å². The van der Waals surface area contributed by atoms with Crippen LogP contribution in [-0.4, -0.2) is 60.5 Å². The molecular weight excluding hydrogens is 478 g/mol. The smallest absolute Gasteiger partial charge is 0.407 e. The minimum atomic E-state index is -1.45. The number of amides is 3. The molecule has 10 heteroatoms. The first kappa shape index (κ1) is 27.5. The van der Waals surface area contributed by atoms with Crippen LogP contribution in [0.25, 0.3) is 11.1 Å². The van der Waals surface area contributed by atoms with E-state index in [0.717, 1.165) is 22.3 Å². The monoisotopic (exact) mass is 511 g/mol. The third-order valence-electron chi connectivity index (χ3n) is 5.67. The first-order valence-corrected chi connectivity index (χ1v) is 12.1. The molecule has 0 bridgehead atoms. The number of carboxylic acid groups (broad SMARTS) is 1. The van der Waals surface area contributed by atoms with E-state index < -0.39 is 42.1 Å². The number of hydrogen-bond acceptors (Lipinski definition) is 6. The van der Waals surface area contributed by atoms with Gasteiger partial charge in [0.25, 0.3) is 0 Å². The Bertz CT molecular complexity index is 1100. The van der Waals surface area contributed by atoms with Crippen molar-refractivity contribution in [2.45, 2.75) is 51.2 Å². The van der Waals surface area contributed by atoms with E-state index in [4.69, 9.17) is 9.47 Å². The number of carboxylic acids is 1. The number of benzene rings is 2. The molecule has 0 radical (unpaired) electrons. The summed E-state index contributed by atoms with van der Waals surface area (Å²) in [6, 6.07) is 14.3. The fourth-order valence-electron chi connectivity index (χ4n) is 4.06. The van der Waals surface area contributed by atoms with E-state index in [1.165, 1.54) is 0 Å². The molecule has 198 valence electrons. The van der Waals surface area contributed by atoms with Crippen molar-refractivity contribution in [1.82, 2.24) is 16.0 Å². The highest BCUT2D eigenvalue weighted by molar-refractivity contribution is 5.87. The van der Waals surface area contributed by atoms with E-state index in [1.807, 2.05) is 48.5 Å². The standard InChI is InChI=1S/C27H33N3O7/c1-27(2,3)37-25(34)29-14-8-13-28-23(31)15-22(24(32)33)30-26(35)36-16-21-19-11-6-4-9-17(19)18-10-5-7-12-20(18)21/h4-7,9-12,21-22H,8,13-16H2,1-3H3,(H,28,31)(H,29,34)(H,30,35)(H,32,33)/t22-/m0/s1. The van der Waals surface area contributed by atoms with Crippen molar-refractivity contribution in [3.05, 3.63) is 59.7 Å². The maximum atomic E-state index is 12.4. The van der Waals surface area contributed by atoms with Crippen molar-refractivity contribution in [1.29, 1.82) is 0 Å². The predicted molar refractivity (Wildman–Crippen MR) is 136 cm³/mol. The van der Waals surface area contributed by atoms with Crippen LogP contribution < -0.4 is 16.0 Å². The van der Waals surface area contributed by atoms with Crippen LogP contribution in [0.15, 0.2) is 48.5 Å². The summed E-state index contributed by atoms with van der Waals surface area (Å²) in [5.41, 5.74) is 3.62. The molecule has 1 aliphatic rings. The Morgan fingerprint density at radius 1 is 0.892 bits per heavy atom. The maximum absolute atomic E-state index is 12.4. The molecule has 1 aliphatic carbocycles. The Balaban J connectivity index is 1.43. The summed E-state index contributed by atoms with van der Waals surface area (Å²) < 4.78 is 10.5. The van der Waals surface area contributed by atoms with Crippen LogP contribution in [0, 0.1) is 0 Å². The average Bonchev–Trinajstić information content (AvgIpc) is 3.14. The van der Waals surface area contributed by atoms with Gasteiger partial charge in [-0.05, 0) is 49.4 Å². The first-order chi connectivity index (χ1) is 17.5. The van der Waals surface area contributed by atoms with E-state index in [9.17, 15) is 24.3 Å². The van der Waals surface area contributed by atoms with Crippen LogP contribution in [0.3, 0.4) is 0 Å². The van der Waals surface area contributed by atoms with E-state index >= 15 is 0 Å². The van der Waals surface area contributed by atoms with Gasteiger partial charge in [0, 0.05) is 19.0 Å². The molecule has 3 rings (SSSR count). The molecule has 0 spiro atoms. The zero-order valence-corrected chi connectivity index (χ0v) is 21.2. The van der Waals surface area contributed by atoms with Gasteiger partial charge >= 0.3 is 18.2 Å². The fourth-order valence-corrected chi connectivity index (χ4v) is 4.06. The molecule has 0 heterocycles. The number of ether oxygens (including phenoxy) is 2. The average molecular weight is 512 g/mol. The second-order valence-electron chi connectivity index (χ2n) is 9.70. The topological polar surface area (TPSA) is 143 Å². The molecule has 3 amide bonds. The van der Waals surface area contributed by atoms with E-state index in [-0.39, 0.29) is 25.6 Å². The molecule has 0 saturated heterocycles. The van der Waals surface area contributed by atoms with Gasteiger partial charge in [-0.3, -0.25) is 4.79 Å². The summed E-state index contributed by atoms with van der Waals surface area (Å²) >= 11 is 0. The summed E-state index contributed by atoms with van der Waals surface area (Å²) in [5.74, 6) is -2.07. The van der Waals surface area contributed by atoms with Gasteiger partial charge in [-0.2, -0.15) is 0 Å². The van der Waals surface area contributed by atoms with Crippen LogP contribution >= 0.6 is 0 Å². The van der Waals surface area contributed by atoms with Gasteiger partial charge in [0.15, 0.2) is 0 Å². The normalized spacial score (nSPS) is 13.1. The van der Waals surface area contributed by atoms with Crippen molar-refractivity contribution in [2.75, 3.05) is 19.7 Å². The van der Waals surface area contributed by atoms with Gasteiger partial charge in [-0.1, -0.05) is 48.5 Å². The Morgan fingerprint density at radius 3 is 2.03 bits per heavy atom.